The highest BCUT2D eigenvalue weighted by molar-refractivity contribution is 8.14. The number of rotatable bonds is 1. The van der Waals surface area contributed by atoms with E-state index in [9.17, 15) is 12.8 Å². The first-order valence-corrected chi connectivity index (χ1v) is 5.40. The van der Waals surface area contributed by atoms with E-state index in [0.717, 1.165) is 0 Å². The molecule has 5 heteroatoms. The molecule has 2 nitrogen and oxygen atoms in total. The SMILES string of the molecule is O=S(=O)(Cl)C1(F)CCCC1. The second-order valence-corrected chi connectivity index (χ2v) is 5.35. The highest BCUT2D eigenvalue weighted by atomic mass is 35.7. The van der Waals surface area contributed by atoms with Crippen molar-refractivity contribution in [3.05, 3.63) is 0 Å². The van der Waals surface area contributed by atoms with Gasteiger partial charge in [-0.1, -0.05) is 0 Å². The highest BCUT2D eigenvalue weighted by Crippen LogP contribution is 2.39. The summed E-state index contributed by atoms with van der Waals surface area (Å²) in [6.07, 6.45) is 1.34. The molecule has 10 heavy (non-hydrogen) atoms. The van der Waals surface area contributed by atoms with Crippen molar-refractivity contribution in [3.8, 4) is 0 Å². The van der Waals surface area contributed by atoms with Gasteiger partial charge in [0.2, 0.25) is 5.00 Å². The lowest BCUT2D eigenvalue weighted by Gasteiger charge is -2.12. The Morgan fingerprint density at radius 2 is 1.70 bits per heavy atom. The maximum atomic E-state index is 13.1. The molecule has 0 N–H and O–H groups in total. The molecule has 60 valence electrons. The second-order valence-electron chi connectivity index (χ2n) is 2.53. The van der Waals surface area contributed by atoms with E-state index in [1.807, 2.05) is 0 Å². The third kappa shape index (κ3) is 1.27. The fourth-order valence-corrected chi connectivity index (χ4v) is 2.39. The molecule has 0 atom stereocenters. The Kier molecular flexibility index (Phi) is 1.94. The predicted molar refractivity (Wildman–Crippen MR) is 37.1 cm³/mol. The average molecular weight is 187 g/mol. The first kappa shape index (κ1) is 8.27. The third-order valence-electron chi connectivity index (χ3n) is 1.79. The molecule has 1 fully saturated rings. The summed E-state index contributed by atoms with van der Waals surface area (Å²) in [5.74, 6) is 0. The summed E-state index contributed by atoms with van der Waals surface area (Å²) in [7, 11) is 0.881. The van der Waals surface area contributed by atoms with Crippen molar-refractivity contribution in [2.75, 3.05) is 0 Å². The molecule has 1 aliphatic carbocycles. The number of halogens is 2. The molecule has 0 bridgehead atoms. The van der Waals surface area contributed by atoms with Crippen molar-refractivity contribution >= 4 is 19.7 Å². The predicted octanol–water partition coefficient (Wildman–Crippen LogP) is 1.79. The van der Waals surface area contributed by atoms with Gasteiger partial charge in [0, 0.05) is 10.7 Å². The first-order chi connectivity index (χ1) is 4.46. The van der Waals surface area contributed by atoms with Crippen molar-refractivity contribution in [1.82, 2.24) is 0 Å². The Labute approximate surface area is 63.8 Å². The summed E-state index contributed by atoms with van der Waals surface area (Å²) < 4.78 is 34.2. The largest absolute Gasteiger partial charge is 0.267 e. The second kappa shape index (κ2) is 2.34. The van der Waals surface area contributed by atoms with E-state index in [1.165, 1.54) is 0 Å². The fraction of sp³-hybridized carbons (Fsp3) is 1.00. The van der Waals surface area contributed by atoms with Gasteiger partial charge in [-0.2, -0.15) is 0 Å². The summed E-state index contributed by atoms with van der Waals surface area (Å²) in [4.78, 5) is 0. The molecule has 0 unspecified atom stereocenters. The van der Waals surface area contributed by atoms with Crippen molar-refractivity contribution < 1.29 is 12.8 Å². The molecule has 0 spiro atoms. The number of hydrogen-bond donors (Lipinski definition) is 0. The first-order valence-electron chi connectivity index (χ1n) is 3.09. The summed E-state index contributed by atoms with van der Waals surface area (Å²) >= 11 is 0. The maximum Gasteiger partial charge on any atom is 0.267 e. The van der Waals surface area contributed by atoms with Gasteiger partial charge in [-0.25, -0.2) is 12.8 Å². The van der Waals surface area contributed by atoms with Crippen LogP contribution in [0.5, 0.6) is 0 Å². The van der Waals surface area contributed by atoms with Gasteiger partial charge < -0.3 is 0 Å². The van der Waals surface area contributed by atoms with Crippen molar-refractivity contribution in [3.63, 3.8) is 0 Å². The zero-order valence-electron chi connectivity index (χ0n) is 5.31. The van der Waals surface area contributed by atoms with Gasteiger partial charge in [0.25, 0.3) is 9.05 Å². The van der Waals surface area contributed by atoms with Crippen LogP contribution < -0.4 is 0 Å². The molecule has 0 aromatic heterocycles. The van der Waals surface area contributed by atoms with E-state index in [4.69, 9.17) is 10.7 Å². The zero-order valence-corrected chi connectivity index (χ0v) is 6.88. The van der Waals surface area contributed by atoms with E-state index in [0.29, 0.717) is 12.8 Å². The molecule has 0 saturated heterocycles. The van der Waals surface area contributed by atoms with Crippen LogP contribution in [0.2, 0.25) is 0 Å². The molecule has 0 aliphatic heterocycles. The molecule has 0 amide bonds. The van der Waals surface area contributed by atoms with E-state index >= 15 is 0 Å². The molecular formula is C5H8ClFO2S. The van der Waals surface area contributed by atoms with Crippen LogP contribution in [0.1, 0.15) is 25.7 Å². The molecule has 1 saturated carbocycles. The van der Waals surface area contributed by atoms with E-state index in [1.54, 1.807) is 0 Å². The van der Waals surface area contributed by atoms with Crippen LogP contribution in [0.25, 0.3) is 0 Å². The molecule has 0 heterocycles. The lowest BCUT2D eigenvalue weighted by atomic mass is 10.3. The fourth-order valence-electron chi connectivity index (χ4n) is 1.15. The van der Waals surface area contributed by atoms with Gasteiger partial charge in [0.15, 0.2) is 0 Å². The lowest BCUT2D eigenvalue weighted by molar-refractivity contribution is 0.279. The van der Waals surface area contributed by atoms with Gasteiger partial charge in [0.05, 0.1) is 0 Å². The van der Waals surface area contributed by atoms with Gasteiger partial charge in [0.1, 0.15) is 0 Å². The number of hydrogen-bond acceptors (Lipinski definition) is 2. The molecule has 0 aromatic rings. The minimum Gasteiger partial charge on any atom is -0.225 e. The Morgan fingerprint density at radius 1 is 1.30 bits per heavy atom. The Balaban J connectivity index is 2.88. The monoisotopic (exact) mass is 186 g/mol. The van der Waals surface area contributed by atoms with Gasteiger partial charge in [-0.05, 0) is 25.7 Å². The smallest absolute Gasteiger partial charge is 0.225 e. The van der Waals surface area contributed by atoms with E-state index in [2.05, 4.69) is 0 Å². The Hall–Kier alpha value is 0.170. The van der Waals surface area contributed by atoms with Crippen molar-refractivity contribution in [1.29, 1.82) is 0 Å². The lowest BCUT2D eigenvalue weighted by Crippen LogP contribution is -2.25. The van der Waals surface area contributed by atoms with E-state index < -0.39 is 14.1 Å². The van der Waals surface area contributed by atoms with Gasteiger partial charge in [-0.15, -0.1) is 0 Å². The average Bonchev–Trinajstić information content (AvgIpc) is 2.13. The topological polar surface area (TPSA) is 34.1 Å². The summed E-state index contributed by atoms with van der Waals surface area (Å²) in [6.45, 7) is 0. The summed E-state index contributed by atoms with van der Waals surface area (Å²) in [5, 5.41) is -2.13. The zero-order chi connectivity index (χ0) is 7.83. The van der Waals surface area contributed by atoms with Crippen LogP contribution >= 0.6 is 10.7 Å². The summed E-state index contributed by atoms with van der Waals surface area (Å²) in [5.41, 5.74) is 0. The third-order valence-corrected chi connectivity index (χ3v) is 3.90. The van der Waals surface area contributed by atoms with Crippen LogP contribution in [0.4, 0.5) is 4.39 Å². The maximum absolute atomic E-state index is 13.1. The van der Waals surface area contributed by atoms with Crippen LogP contribution in [-0.2, 0) is 9.05 Å². The van der Waals surface area contributed by atoms with Crippen LogP contribution in [-0.4, -0.2) is 13.4 Å². The summed E-state index contributed by atoms with van der Waals surface area (Å²) in [6, 6.07) is 0. The van der Waals surface area contributed by atoms with Crippen LogP contribution in [0, 0.1) is 0 Å². The minimum absolute atomic E-state index is 0.0544. The van der Waals surface area contributed by atoms with Crippen LogP contribution in [0.15, 0.2) is 0 Å². The molecule has 1 rings (SSSR count). The van der Waals surface area contributed by atoms with Crippen molar-refractivity contribution in [2.45, 2.75) is 30.7 Å². The molecule has 0 radical (unpaired) electrons. The van der Waals surface area contributed by atoms with Gasteiger partial charge >= 0.3 is 0 Å². The van der Waals surface area contributed by atoms with E-state index in [-0.39, 0.29) is 12.8 Å². The van der Waals surface area contributed by atoms with Crippen LogP contribution in [0.3, 0.4) is 0 Å². The molecular weight excluding hydrogens is 179 g/mol. The Morgan fingerprint density at radius 3 is 1.90 bits per heavy atom. The van der Waals surface area contributed by atoms with Crippen molar-refractivity contribution in [2.24, 2.45) is 0 Å². The Bertz CT molecular complexity index is 218. The minimum atomic E-state index is -4.00. The molecule has 1 aliphatic rings. The highest BCUT2D eigenvalue weighted by Gasteiger charge is 2.45. The number of alkyl halides is 1. The van der Waals surface area contributed by atoms with Gasteiger partial charge in [-0.3, -0.25) is 0 Å². The standard InChI is InChI=1S/C5H8ClFO2S/c6-10(8,9)5(7)3-1-2-4-5/h1-4H2. The normalized spacial score (nSPS) is 25.0. The quantitative estimate of drug-likeness (QED) is 0.586. The molecule has 0 aromatic carbocycles.